The fraction of sp³-hybridized carbons (Fsp3) is 0.200. The van der Waals surface area contributed by atoms with Crippen LogP contribution in [0.4, 0.5) is 0 Å². The van der Waals surface area contributed by atoms with Crippen molar-refractivity contribution in [2.45, 2.75) is 20.3 Å². The molecule has 0 atom stereocenters. The zero-order chi connectivity index (χ0) is 13.7. The quantitative estimate of drug-likeness (QED) is 0.672. The number of amides is 1. The summed E-state index contributed by atoms with van der Waals surface area (Å²) in [5.41, 5.74) is 5.68. The molecule has 0 fully saturated rings. The van der Waals surface area contributed by atoms with Gasteiger partial charge in [-0.3, -0.25) is 4.79 Å². The maximum absolute atomic E-state index is 11.7. The molecular formula is C15H16N2OS. The Morgan fingerprint density at radius 1 is 1.26 bits per heavy atom. The smallest absolute Gasteiger partial charge is 0.266 e. The molecule has 1 heterocycles. The highest BCUT2D eigenvalue weighted by Gasteiger charge is 2.05. The first-order valence-corrected chi connectivity index (χ1v) is 7.06. The van der Waals surface area contributed by atoms with Crippen LogP contribution in [0, 0.1) is 0 Å². The number of carbonyl (C=O) groups is 1. The lowest BCUT2D eigenvalue weighted by atomic mass is 10.1. The SMILES string of the molecule is CCc1ccc(/C(C)=N/NC(=O)c2cccs2)cc1. The minimum atomic E-state index is -0.167. The first-order chi connectivity index (χ1) is 9.20. The third-order valence-corrected chi connectivity index (χ3v) is 3.72. The first kappa shape index (κ1) is 13.5. The van der Waals surface area contributed by atoms with E-state index in [1.54, 1.807) is 6.07 Å². The van der Waals surface area contributed by atoms with Crippen LogP contribution in [0.5, 0.6) is 0 Å². The number of aryl methyl sites for hydroxylation is 1. The number of nitrogens with zero attached hydrogens (tertiary/aromatic N) is 1. The van der Waals surface area contributed by atoms with Crippen molar-refractivity contribution in [2.75, 3.05) is 0 Å². The highest BCUT2D eigenvalue weighted by atomic mass is 32.1. The molecule has 0 saturated heterocycles. The lowest BCUT2D eigenvalue weighted by Crippen LogP contribution is -2.18. The van der Waals surface area contributed by atoms with Gasteiger partial charge in [0.1, 0.15) is 0 Å². The third kappa shape index (κ3) is 3.51. The molecule has 1 amide bonds. The minimum Gasteiger partial charge on any atom is -0.266 e. The largest absolute Gasteiger partial charge is 0.281 e. The Kier molecular flexibility index (Phi) is 4.47. The van der Waals surface area contributed by atoms with Crippen molar-refractivity contribution in [1.82, 2.24) is 5.43 Å². The van der Waals surface area contributed by atoms with E-state index >= 15 is 0 Å². The molecule has 0 aliphatic heterocycles. The van der Waals surface area contributed by atoms with Crippen LogP contribution in [0.25, 0.3) is 0 Å². The Morgan fingerprint density at radius 2 is 2.00 bits per heavy atom. The molecule has 0 aliphatic carbocycles. The molecule has 1 N–H and O–H groups in total. The molecule has 1 aromatic heterocycles. The highest BCUT2D eigenvalue weighted by Crippen LogP contribution is 2.08. The van der Waals surface area contributed by atoms with Gasteiger partial charge < -0.3 is 0 Å². The monoisotopic (exact) mass is 272 g/mol. The van der Waals surface area contributed by atoms with Gasteiger partial charge in [-0.05, 0) is 35.9 Å². The number of benzene rings is 1. The lowest BCUT2D eigenvalue weighted by molar-refractivity contribution is 0.0959. The Morgan fingerprint density at radius 3 is 2.58 bits per heavy atom. The number of hydrogen-bond acceptors (Lipinski definition) is 3. The van der Waals surface area contributed by atoms with Gasteiger partial charge in [0.25, 0.3) is 5.91 Å². The Bertz CT molecular complexity index is 571. The van der Waals surface area contributed by atoms with Gasteiger partial charge in [-0.25, -0.2) is 5.43 Å². The summed E-state index contributed by atoms with van der Waals surface area (Å²) in [5, 5.41) is 6.00. The molecule has 0 aliphatic rings. The average molecular weight is 272 g/mol. The van der Waals surface area contributed by atoms with Crippen LogP contribution in [0.1, 0.15) is 34.6 Å². The molecule has 1 aromatic carbocycles. The summed E-state index contributed by atoms with van der Waals surface area (Å²) in [7, 11) is 0. The van der Waals surface area contributed by atoms with Gasteiger partial charge in [-0.15, -0.1) is 11.3 Å². The van der Waals surface area contributed by atoms with Gasteiger partial charge in [0.15, 0.2) is 0 Å². The van der Waals surface area contributed by atoms with E-state index in [0.29, 0.717) is 4.88 Å². The topological polar surface area (TPSA) is 41.5 Å². The maximum Gasteiger partial charge on any atom is 0.281 e. The van der Waals surface area contributed by atoms with Crippen molar-refractivity contribution in [1.29, 1.82) is 0 Å². The van der Waals surface area contributed by atoms with Crippen LogP contribution < -0.4 is 5.43 Å². The lowest BCUT2D eigenvalue weighted by Gasteiger charge is -2.03. The van der Waals surface area contributed by atoms with Crippen molar-refractivity contribution in [3.05, 3.63) is 57.8 Å². The van der Waals surface area contributed by atoms with Crippen LogP contribution >= 0.6 is 11.3 Å². The van der Waals surface area contributed by atoms with Gasteiger partial charge in [0, 0.05) is 0 Å². The summed E-state index contributed by atoms with van der Waals surface area (Å²) in [4.78, 5) is 12.4. The number of nitrogens with one attached hydrogen (secondary N) is 1. The maximum atomic E-state index is 11.7. The molecule has 2 aromatic rings. The summed E-state index contributed by atoms with van der Waals surface area (Å²) in [6.07, 6.45) is 1.02. The van der Waals surface area contributed by atoms with Crippen molar-refractivity contribution in [3.63, 3.8) is 0 Å². The van der Waals surface area contributed by atoms with Gasteiger partial charge in [0.2, 0.25) is 0 Å². The van der Waals surface area contributed by atoms with Crippen LogP contribution in [0.15, 0.2) is 46.9 Å². The van der Waals surface area contributed by atoms with Gasteiger partial charge in [0.05, 0.1) is 10.6 Å². The zero-order valence-electron chi connectivity index (χ0n) is 11.0. The molecule has 0 unspecified atom stereocenters. The molecule has 0 bridgehead atoms. The number of thiophene rings is 1. The zero-order valence-corrected chi connectivity index (χ0v) is 11.8. The number of carbonyl (C=O) groups excluding carboxylic acids is 1. The molecule has 0 radical (unpaired) electrons. The van der Waals surface area contributed by atoms with E-state index in [-0.39, 0.29) is 5.91 Å². The molecular weight excluding hydrogens is 256 g/mol. The van der Waals surface area contributed by atoms with E-state index in [1.165, 1.54) is 16.9 Å². The second kappa shape index (κ2) is 6.29. The molecule has 0 saturated carbocycles. The van der Waals surface area contributed by atoms with E-state index in [2.05, 4.69) is 29.6 Å². The Labute approximate surface area is 117 Å². The summed E-state index contributed by atoms with van der Waals surface area (Å²) in [5.74, 6) is -0.167. The van der Waals surface area contributed by atoms with Crippen LogP contribution in [-0.4, -0.2) is 11.6 Å². The summed E-state index contributed by atoms with van der Waals surface area (Å²) < 4.78 is 0. The fourth-order valence-electron chi connectivity index (χ4n) is 1.64. The number of hydrogen-bond donors (Lipinski definition) is 1. The van der Waals surface area contributed by atoms with Crippen molar-refractivity contribution in [2.24, 2.45) is 5.10 Å². The molecule has 98 valence electrons. The van der Waals surface area contributed by atoms with Crippen LogP contribution in [-0.2, 0) is 6.42 Å². The third-order valence-electron chi connectivity index (χ3n) is 2.85. The van der Waals surface area contributed by atoms with E-state index < -0.39 is 0 Å². The predicted octanol–water partition coefficient (Wildman–Crippen LogP) is 3.46. The summed E-state index contributed by atoms with van der Waals surface area (Å²) in [6.45, 7) is 4.01. The molecule has 4 heteroatoms. The van der Waals surface area contributed by atoms with Crippen molar-refractivity contribution < 1.29 is 4.79 Å². The van der Waals surface area contributed by atoms with E-state index in [4.69, 9.17) is 0 Å². The molecule has 3 nitrogen and oxygen atoms in total. The molecule has 19 heavy (non-hydrogen) atoms. The number of hydrazone groups is 1. The molecule has 0 spiro atoms. The Hall–Kier alpha value is -1.94. The number of rotatable bonds is 4. The standard InChI is InChI=1S/C15H16N2OS/c1-3-12-6-8-13(9-7-12)11(2)16-17-15(18)14-5-4-10-19-14/h4-10H,3H2,1-2H3,(H,17,18)/b16-11+. The molecule has 2 rings (SSSR count). The van der Waals surface area contributed by atoms with Crippen LogP contribution in [0.3, 0.4) is 0 Å². The summed E-state index contributed by atoms with van der Waals surface area (Å²) >= 11 is 1.40. The van der Waals surface area contributed by atoms with Gasteiger partial charge >= 0.3 is 0 Å². The fourth-order valence-corrected chi connectivity index (χ4v) is 2.26. The predicted molar refractivity (Wildman–Crippen MR) is 79.8 cm³/mol. The average Bonchev–Trinajstić information content (AvgIpc) is 2.98. The normalized spacial score (nSPS) is 11.4. The first-order valence-electron chi connectivity index (χ1n) is 6.18. The highest BCUT2D eigenvalue weighted by molar-refractivity contribution is 7.12. The minimum absolute atomic E-state index is 0.167. The van der Waals surface area contributed by atoms with Crippen molar-refractivity contribution >= 4 is 23.0 Å². The Balaban J connectivity index is 2.04. The van der Waals surface area contributed by atoms with Gasteiger partial charge in [-0.1, -0.05) is 37.3 Å². The summed E-state index contributed by atoms with van der Waals surface area (Å²) in [6, 6.07) is 11.8. The van der Waals surface area contributed by atoms with E-state index in [1.807, 2.05) is 30.5 Å². The second-order valence-electron chi connectivity index (χ2n) is 4.17. The van der Waals surface area contributed by atoms with E-state index in [9.17, 15) is 4.79 Å². The second-order valence-corrected chi connectivity index (χ2v) is 5.11. The van der Waals surface area contributed by atoms with Gasteiger partial charge in [-0.2, -0.15) is 5.10 Å². The van der Waals surface area contributed by atoms with E-state index in [0.717, 1.165) is 17.7 Å². The van der Waals surface area contributed by atoms with Crippen molar-refractivity contribution in [3.8, 4) is 0 Å². The van der Waals surface area contributed by atoms with Crippen LogP contribution in [0.2, 0.25) is 0 Å².